The van der Waals surface area contributed by atoms with Crippen molar-refractivity contribution in [1.82, 2.24) is 15.1 Å². The van der Waals surface area contributed by atoms with Crippen LogP contribution in [0.3, 0.4) is 0 Å². The van der Waals surface area contributed by atoms with Gasteiger partial charge in [-0.05, 0) is 45.2 Å². The Hall–Kier alpha value is -1.14. The molecule has 0 radical (unpaired) electrons. The zero-order valence-electron chi connectivity index (χ0n) is 17.0. The fourth-order valence-electron chi connectivity index (χ4n) is 5.13. The van der Waals surface area contributed by atoms with Gasteiger partial charge in [0, 0.05) is 38.7 Å². The van der Waals surface area contributed by atoms with Crippen molar-refractivity contribution in [1.29, 1.82) is 0 Å². The molecule has 0 aromatic carbocycles. The number of likely N-dealkylation sites (tertiary alicyclic amines) is 2. The summed E-state index contributed by atoms with van der Waals surface area (Å²) in [7, 11) is 1.64. The van der Waals surface area contributed by atoms with Gasteiger partial charge in [0.15, 0.2) is 0 Å². The molecule has 0 aromatic rings. The monoisotopic (exact) mass is 379 g/mol. The van der Waals surface area contributed by atoms with Gasteiger partial charge in [-0.3, -0.25) is 14.5 Å². The van der Waals surface area contributed by atoms with Gasteiger partial charge in [-0.15, -0.1) is 0 Å². The molecular formula is C21H37N3O3. The van der Waals surface area contributed by atoms with Crippen molar-refractivity contribution in [2.75, 3.05) is 46.4 Å². The first kappa shape index (κ1) is 20.6. The van der Waals surface area contributed by atoms with Crippen LogP contribution < -0.4 is 5.32 Å². The third-order valence-electron chi connectivity index (χ3n) is 6.84. The van der Waals surface area contributed by atoms with E-state index in [4.69, 9.17) is 4.74 Å². The molecule has 0 spiro atoms. The van der Waals surface area contributed by atoms with Crippen LogP contribution >= 0.6 is 0 Å². The van der Waals surface area contributed by atoms with Gasteiger partial charge >= 0.3 is 0 Å². The van der Waals surface area contributed by atoms with Crippen LogP contribution in [0.15, 0.2) is 0 Å². The molecule has 6 heteroatoms. The van der Waals surface area contributed by atoms with E-state index in [2.05, 4.69) is 10.2 Å². The number of hydrogen-bond acceptors (Lipinski definition) is 4. The molecule has 2 aliphatic heterocycles. The Balaban J connectivity index is 1.56. The van der Waals surface area contributed by atoms with E-state index >= 15 is 0 Å². The molecule has 154 valence electrons. The highest BCUT2D eigenvalue weighted by Crippen LogP contribution is 2.35. The molecule has 0 aromatic heterocycles. The number of carbonyl (C=O) groups is 2. The number of carbonyl (C=O) groups excluding carboxylic acids is 2. The molecule has 1 saturated carbocycles. The van der Waals surface area contributed by atoms with E-state index < -0.39 is 0 Å². The third kappa shape index (κ3) is 5.23. The molecule has 27 heavy (non-hydrogen) atoms. The van der Waals surface area contributed by atoms with Crippen LogP contribution in [-0.2, 0) is 14.3 Å². The predicted molar refractivity (Wildman–Crippen MR) is 105 cm³/mol. The van der Waals surface area contributed by atoms with Crippen LogP contribution in [0.5, 0.6) is 0 Å². The number of amides is 2. The van der Waals surface area contributed by atoms with Crippen LogP contribution in [0.2, 0.25) is 0 Å². The maximum atomic E-state index is 12.9. The number of piperidine rings is 2. The molecule has 3 rings (SSSR count). The van der Waals surface area contributed by atoms with E-state index in [1.54, 1.807) is 12.0 Å². The van der Waals surface area contributed by atoms with Gasteiger partial charge in [0.1, 0.15) is 0 Å². The molecule has 2 amide bonds. The standard InChI is InChI=1S/C21H37N3O3/c1-27-15-14-23-16-18(8-9-19(23)25)20(26)22-17-21(10-4-2-5-11-21)24-12-6-3-7-13-24/h18H,2-17H2,1H3,(H,22,26)/t18-/m1/s1. The summed E-state index contributed by atoms with van der Waals surface area (Å²) in [6.07, 6.45) is 11.3. The zero-order valence-corrected chi connectivity index (χ0v) is 17.0. The minimum Gasteiger partial charge on any atom is -0.383 e. The molecule has 1 aliphatic carbocycles. The molecular weight excluding hydrogens is 342 g/mol. The highest BCUT2D eigenvalue weighted by molar-refractivity contribution is 5.83. The zero-order chi connectivity index (χ0) is 19.1. The fourth-order valence-corrected chi connectivity index (χ4v) is 5.13. The van der Waals surface area contributed by atoms with Crippen molar-refractivity contribution >= 4 is 11.8 Å². The number of nitrogens with one attached hydrogen (secondary N) is 1. The van der Waals surface area contributed by atoms with Crippen molar-refractivity contribution in [2.24, 2.45) is 5.92 Å². The molecule has 2 heterocycles. The maximum Gasteiger partial charge on any atom is 0.224 e. The molecule has 1 atom stereocenters. The Bertz CT molecular complexity index is 499. The van der Waals surface area contributed by atoms with E-state index in [0.717, 1.165) is 6.54 Å². The van der Waals surface area contributed by atoms with Gasteiger partial charge in [0.05, 0.1) is 12.5 Å². The largest absolute Gasteiger partial charge is 0.383 e. The van der Waals surface area contributed by atoms with Crippen LogP contribution in [-0.4, -0.2) is 73.6 Å². The summed E-state index contributed by atoms with van der Waals surface area (Å²) < 4.78 is 5.10. The summed E-state index contributed by atoms with van der Waals surface area (Å²) in [6.45, 7) is 4.77. The summed E-state index contributed by atoms with van der Waals surface area (Å²) in [5, 5.41) is 3.30. The Labute approximate surface area is 164 Å². The second-order valence-corrected chi connectivity index (χ2v) is 8.62. The van der Waals surface area contributed by atoms with Crippen LogP contribution in [0.1, 0.15) is 64.2 Å². The lowest BCUT2D eigenvalue weighted by Crippen LogP contribution is -2.59. The summed E-state index contributed by atoms with van der Waals surface area (Å²) in [4.78, 5) is 29.4. The van der Waals surface area contributed by atoms with E-state index in [-0.39, 0.29) is 23.3 Å². The highest BCUT2D eigenvalue weighted by atomic mass is 16.5. The van der Waals surface area contributed by atoms with E-state index in [1.807, 2.05) is 0 Å². The van der Waals surface area contributed by atoms with Gasteiger partial charge in [-0.25, -0.2) is 0 Å². The lowest BCUT2D eigenvalue weighted by molar-refractivity contribution is -0.139. The molecule has 0 unspecified atom stereocenters. The molecule has 6 nitrogen and oxygen atoms in total. The first-order valence-corrected chi connectivity index (χ1v) is 10.9. The van der Waals surface area contributed by atoms with Gasteiger partial charge in [-0.2, -0.15) is 0 Å². The van der Waals surface area contributed by atoms with E-state index in [9.17, 15) is 9.59 Å². The average Bonchev–Trinajstić information content (AvgIpc) is 2.73. The van der Waals surface area contributed by atoms with E-state index in [1.165, 1.54) is 64.5 Å². The van der Waals surface area contributed by atoms with Gasteiger partial charge in [-0.1, -0.05) is 25.7 Å². The number of methoxy groups -OCH3 is 1. The lowest BCUT2D eigenvalue weighted by Gasteiger charge is -2.48. The second-order valence-electron chi connectivity index (χ2n) is 8.62. The fraction of sp³-hybridized carbons (Fsp3) is 0.905. The molecule has 2 saturated heterocycles. The lowest BCUT2D eigenvalue weighted by atomic mass is 9.79. The quantitative estimate of drug-likeness (QED) is 0.736. The smallest absolute Gasteiger partial charge is 0.224 e. The number of nitrogens with zero attached hydrogens (tertiary/aromatic N) is 2. The van der Waals surface area contributed by atoms with Crippen LogP contribution in [0.4, 0.5) is 0 Å². The summed E-state index contributed by atoms with van der Waals surface area (Å²) >= 11 is 0. The topological polar surface area (TPSA) is 61.9 Å². The number of ether oxygens (including phenoxy) is 1. The van der Waals surface area contributed by atoms with Crippen LogP contribution in [0.25, 0.3) is 0 Å². The Kier molecular flexibility index (Phi) is 7.53. The second kappa shape index (κ2) is 9.87. The average molecular weight is 380 g/mol. The van der Waals surface area contributed by atoms with Crippen molar-refractivity contribution in [3.05, 3.63) is 0 Å². The third-order valence-corrected chi connectivity index (χ3v) is 6.84. The van der Waals surface area contributed by atoms with Crippen molar-refractivity contribution < 1.29 is 14.3 Å². The maximum absolute atomic E-state index is 12.9. The molecule has 0 bridgehead atoms. The van der Waals surface area contributed by atoms with Crippen molar-refractivity contribution in [3.63, 3.8) is 0 Å². The first-order valence-electron chi connectivity index (χ1n) is 10.9. The summed E-state index contributed by atoms with van der Waals surface area (Å²) in [5.41, 5.74) is 0.161. The predicted octanol–water partition coefficient (Wildman–Crippen LogP) is 2.18. The Morgan fingerprint density at radius 2 is 1.85 bits per heavy atom. The summed E-state index contributed by atoms with van der Waals surface area (Å²) in [5.74, 6) is 0.196. The summed E-state index contributed by atoms with van der Waals surface area (Å²) in [6, 6.07) is 0. The highest BCUT2D eigenvalue weighted by Gasteiger charge is 2.39. The van der Waals surface area contributed by atoms with E-state index in [0.29, 0.717) is 32.5 Å². The number of rotatable bonds is 7. The van der Waals surface area contributed by atoms with Gasteiger partial charge in [0.2, 0.25) is 11.8 Å². The molecule has 3 aliphatic rings. The van der Waals surface area contributed by atoms with Crippen LogP contribution in [0, 0.1) is 5.92 Å². The van der Waals surface area contributed by atoms with Crippen molar-refractivity contribution in [2.45, 2.75) is 69.7 Å². The Morgan fingerprint density at radius 1 is 1.15 bits per heavy atom. The van der Waals surface area contributed by atoms with Crippen molar-refractivity contribution in [3.8, 4) is 0 Å². The first-order chi connectivity index (χ1) is 13.1. The Morgan fingerprint density at radius 3 is 2.56 bits per heavy atom. The minimum atomic E-state index is -0.0819. The normalized spacial score (nSPS) is 26.8. The SMILES string of the molecule is COCCN1C[C@H](C(=O)NCC2(N3CCCCC3)CCCCC2)CCC1=O. The molecule has 1 N–H and O–H groups in total. The van der Waals surface area contributed by atoms with Gasteiger partial charge < -0.3 is 15.0 Å². The van der Waals surface area contributed by atoms with Gasteiger partial charge in [0.25, 0.3) is 0 Å². The molecule has 3 fully saturated rings. The minimum absolute atomic E-state index is 0.0819. The number of hydrogen-bond donors (Lipinski definition) is 1.